The Kier molecular flexibility index (Phi) is 4.76. The van der Waals surface area contributed by atoms with Crippen LogP contribution in [0.1, 0.15) is 46.4 Å². The largest absolute Gasteiger partial charge is 0.374 e. The summed E-state index contributed by atoms with van der Waals surface area (Å²) >= 11 is 0. The van der Waals surface area contributed by atoms with Gasteiger partial charge in [-0.25, -0.2) is 0 Å². The van der Waals surface area contributed by atoms with Crippen LogP contribution in [0.15, 0.2) is 18.2 Å². The average molecular weight is 353 g/mol. The highest BCUT2D eigenvalue weighted by atomic mass is 16.2. The van der Waals surface area contributed by atoms with Crippen LogP contribution in [-0.4, -0.2) is 48.2 Å². The maximum absolute atomic E-state index is 13.0. The molecular formula is C19H19N3O4. The van der Waals surface area contributed by atoms with Crippen molar-refractivity contribution in [3.8, 4) is 12.3 Å². The Morgan fingerprint density at radius 1 is 1.27 bits per heavy atom. The number of carbonyl (C=O) groups is 4. The van der Waals surface area contributed by atoms with Crippen molar-refractivity contribution in [1.29, 1.82) is 0 Å². The molecule has 7 nitrogen and oxygen atoms in total. The van der Waals surface area contributed by atoms with E-state index in [1.165, 1.54) is 0 Å². The van der Waals surface area contributed by atoms with Crippen LogP contribution >= 0.6 is 0 Å². The number of amides is 4. The second kappa shape index (κ2) is 7.00. The number of anilines is 1. The number of fused-ring (bicyclic) bond motifs is 1. The van der Waals surface area contributed by atoms with Crippen LogP contribution in [0, 0.1) is 12.3 Å². The van der Waals surface area contributed by atoms with Crippen molar-refractivity contribution in [2.45, 2.75) is 31.7 Å². The standard InChI is InChI=1S/C19H19N3O4/c1-3-4-5-11-21(2)13-8-6-7-12-16(13)19(26)22(18(12)25)14-9-10-15(23)20-17(14)24/h1,6-8,14H,4-5,9-11H2,2H3,(H,20,23,24). The Balaban J connectivity index is 1.90. The number of hydrogen-bond donors (Lipinski definition) is 1. The molecule has 2 aliphatic heterocycles. The fourth-order valence-electron chi connectivity index (χ4n) is 3.35. The summed E-state index contributed by atoms with van der Waals surface area (Å²) < 4.78 is 0. The summed E-state index contributed by atoms with van der Waals surface area (Å²) in [4.78, 5) is 52.1. The van der Waals surface area contributed by atoms with E-state index in [1.54, 1.807) is 18.2 Å². The highest BCUT2D eigenvalue weighted by Crippen LogP contribution is 2.33. The van der Waals surface area contributed by atoms with E-state index < -0.39 is 29.7 Å². The molecule has 0 bridgehead atoms. The van der Waals surface area contributed by atoms with Crippen LogP contribution in [-0.2, 0) is 9.59 Å². The van der Waals surface area contributed by atoms with Gasteiger partial charge in [0.05, 0.1) is 16.8 Å². The van der Waals surface area contributed by atoms with Crippen LogP contribution in [0.25, 0.3) is 0 Å². The predicted molar refractivity (Wildman–Crippen MR) is 94.5 cm³/mol. The van der Waals surface area contributed by atoms with E-state index in [0.717, 1.165) is 11.3 Å². The first-order valence-corrected chi connectivity index (χ1v) is 8.45. The van der Waals surface area contributed by atoms with Gasteiger partial charge in [0.15, 0.2) is 0 Å². The van der Waals surface area contributed by atoms with Crippen LogP contribution < -0.4 is 10.2 Å². The van der Waals surface area contributed by atoms with Crippen molar-refractivity contribution in [3.63, 3.8) is 0 Å². The molecule has 7 heteroatoms. The van der Waals surface area contributed by atoms with E-state index in [2.05, 4.69) is 11.2 Å². The molecule has 0 radical (unpaired) electrons. The summed E-state index contributed by atoms with van der Waals surface area (Å²) in [6, 6.07) is 4.11. The highest BCUT2D eigenvalue weighted by molar-refractivity contribution is 6.25. The number of piperidine rings is 1. The van der Waals surface area contributed by atoms with Gasteiger partial charge in [0.25, 0.3) is 11.8 Å². The molecule has 0 aromatic heterocycles. The van der Waals surface area contributed by atoms with E-state index in [4.69, 9.17) is 6.42 Å². The van der Waals surface area contributed by atoms with Crippen molar-refractivity contribution in [3.05, 3.63) is 29.3 Å². The number of nitrogens with one attached hydrogen (secondary N) is 1. The minimum absolute atomic E-state index is 0.0999. The minimum atomic E-state index is -0.959. The first-order valence-electron chi connectivity index (χ1n) is 8.45. The molecule has 2 aliphatic rings. The molecule has 1 N–H and O–H groups in total. The van der Waals surface area contributed by atoms with Crippen LogP contribution in [0.3, 0.4) is 0 Å². The first-order chi connectivity index (χ1) is 12.5. The van der Waals surface area contributed by atoms with E-state index >= 15 is 0 Å². The highest BCUT2D eigenvalue weighted by Gasteiger charge is 2.45. The van der Waals surface area contributed by atoms with Crippen LogP contribution in [0.5, 0.6) is 0 Å². The molecule has 134 valence electrons. The topological polar surface area (TPSA) is 86.8 Å². The minimum Gasteiger partial charge on any atom is -0.374 e. The molecule has 2 heterocycles. The molecule has 1 atom stereocenters. The average Bonchev–Trinajstić information content (AvgIpc) is 2.87. The summed E-state index contributed by atoms with van der Waals surface area (Å²) in [6.45, 7) is 0.639. The van der Waals surface area contributed by atoms with E-state index in [1.807, 2.05) is 11.9 Å². The zero-order valence-corrected chi connectivity index (χ0v) is 14.4. The molecular weight excluding hydrogens is 334 g/mol. The Bertz CT molecular complexity index is 840. The van der Waals surface area contributed by atoms with Crippen LogP contribution in [0.4, 0.5) is 5.69 Å². The van der Waals surface area contributed by atoms with Crippen molar-refractivity contribution < 1.29 is 19.2 Å². The van der Waals surface area contributed by atoms with Crippen molar-refractivity contribution in [2.24, 2.45) is 0 Å². The molecule has 1 unspecified atom stereocenters. The lowest BCUT2D eigenvalue weighted by atomic mass is 10.0. The monoisotopic (exact) mass is 353 g/mol. The summed E-state index contributed by atoms with van der Waals surface area (Å²) in [5, 5.41) is 2.19. The fraction of sp³-hybridized carbons (Fsp3) is 0.368. The van der Waals surface area contributed by atoms with Gasteiger partial charge in [0, 0.05) is 26.4 Å². The zero-order valence-electron chi connectivity index (χ0n) is 14.4. The van der Waals surface area contributed by atoms with Gasteiger partial charge >= 0.3 is 0 Å². The lowest BCUT2D eigenvalue weighted by molar-refractivity contribution is -0.136. The Morgan fingerprint density at radius 3 is 2.73 bits per heavy atom. The molecule has 26 heavy (non-hydrogen) atoms. The van der Waals surface area contributed by atoms with Gasteiger partial charge in [0.2, 0.25) is 11.8 Å². The third kappa shape index (κ3) is 2.94. The van der Waals surface area contributed by atoms with Gasteiger partial charge in [-0.05, 0) is 25.0 Å². The number of hydrogen-bond acceptors (Lipinski definition) is 5. The molecule has 3 rings (SSSR count). The van der Waals surface area contributed by atoms with E-state index in [0.29, 0.717) is 24.2 Å². The number of rotatable bonds is 5. The summed E-state index contributed by atoms with van der Waals surface area (Å²) in [6.07, 6.45) is 6.89. The quantitative estimate of drug-likeness (QED) is 0.484. The van der Waals surface area contributed by atoms with Gasteiger partial charge in [0.1, 0.15) is 6.04 Å². The maximum Gasteiger partial charge on any atom is 0.264 e. The smallest absolute Gasteiger partial charge is 0.264 e. The maximum atomic E-state index is 13.0. The molecule has 1 aromatic carbocycles. The second-order valence-corrected chi connectivity index (χ2v) is 6.38. The van der Waals surface area contributed by atoms with Gasteiger partial charge in [-0.1, -0.05) is 6.07 Å². The molecule has 1 fully saturated rings. The second-order valence-electron chi connectivity index (χ2n) is 6.38. The molecule has 0 spiro atoms. The van der Waals surface area contributed by atoms with Crippen molar-refractivity contribution in [1.82, 2.24) is 10.2 Å². The fourth-order valence-corrected chi connectivity index (χ4v) is 3.35. The molecule has 4 amide bonds. The van der Waals surface area contributed by atoms with Gasteiger partial charge < -0.3 is 4.90 Å². The Morgan fingerprint density at radius 2 is 2.04 bits per heavy atom. The Hall–Kier alpha value is -3.14. The zero-order chi connectivity index (χ0) is 18.8. The van der Waals surface area contributed by atoms with E-state index in [-0.39, 0.29) is 18.4 Å². The number of unbranched alkanes of at least 4 members (excludes halogenated alkanes) is 1. The molecule has 1 saturated heterocycles. The lowest BCUT2D eigenvalue weighted by Crippen LogP contribution is -2.54. The lowest BCUT2D eigenvalue weighted by Gasteiger charge is -2.28. The first kappa shape index (κ1) is 17.7. The molecule has 1 aromatic rings. The van der Waals surface area contributed by atoms with Gasteiger partial charge in [-0.2, -0.15) is 0 Å². The number of benzene rings is 1. The summed E-state index contributed by atoms with van der Waals surface area (Å²) in [5.41, 5.74) is 1.21. The SMILES string of the molecule is C#CCCCN(C)c1cccc2c1C(=O)N(C1CCC(=O)NC1=O)C2=O. The van der Waals surface area contributed by atoms with Gasteiger partial charge in [-0.3, -0.25) is 29.4 Å². The molecule has 0 aliphatic carbocycles. The molecule has 0 saturated carbocycles. The summed E-state index contributed by atoms with van der Waals surface area (Å²) in [7, 11) is 1.83. The van der Waals surface area contributed by atoms with Gasteiger partial charge in [-0.15, -0.1) is 12.3 Å². The Labute approximate surface area is 151 Å². The van der Waals surface area contributed by atoms with E-state index in [9.17, 15) is 19.2 Å². The summed E-state index contributed by atoms with van der Waals surface area (Å²) in [5.74, 6) is 0.567. The predicted octanol–water partition coefficient (Wildman–Crippen LogP) is 0.937. The van der Waals surface area contributed by atoms with Crippen molar-refractivity contribution in [2.75, 3.05) is 18.5 Å². The van der Waals surface area contributed by atoms with Crippen LogP contribution in [0.2, 0.25) is 0 Å². The number of imide groups is 2. The van der Waals surface area contributed by atoms with Crippen molar-refractivity contribution >= 4 is 29.3 Å². The number of terminal acetylenes is 1. The third-order valence-electron chi connectivity index (χ3n) is 4.67. The third-order valence-corrected chi connectivity index (χ3v) is 4.67. The normalized spacial score (nSPS) is 19.2. The number of carbonyl (C=O) groups excluding carboxylic acids is 4. The number of nitrogens with zero attached hydrogens (tertiary/aromatic N) is 2.